The molecule has 0 radical (unpaired) electrons. The number of rotatable bonds is 6. The van der Waals surface area contributed by atoms with E-state index in [4.69, 9.17) is 11.6 Å². The number of anilines is 1. The average molecular weight is 410 g/mol. The van der Waals surface area contributed by atoms with E-state index in [1.807, 2.05) is 4.90 Å². The minimum absolute atomic E-state index is 0.285. The van der Waals surface area contributed by atoms with Crippen LogP contribution in [0.1, 0.15) is 11.5 Å². The van der Waals surface area contributed by atoms with Gasteiger partial charge in [-0.2, -0.15) is 4.31 Å². The Kier molecular flexibility index (Phi) is 5.98. The Balaban J connectivity index is 1.67. The summed E-state index contributed by atoms with van der Waals surface area (Å²) in [5.74, 6) is -1.95. The van der Waals surface area contributed by atoms with Crippen LogP contribution < -0.4 is 4.90 Å². The van der Waals surface area contributed by atoms with Gasteiger partial charge in [-0.05, 0) is 17.7 Å². The summed E-state index contributed by atoms with van der Waals surface area (Å²) in [6.45, 7) is 1.54. The van der Waals surface area contributed by atoms with Crippen molar-refractivity contribution in [3.05, 3.63) is 59.2 Å². The van der Waals surface area contributed by atoms with Crippen molar-refractivity contribution in [2.45, 2.75) is 5.92 Å². The number of hydrogen-bond donors (Lipinski definition) is 1. The highest BCUT2D eigenvalue weighted by Crippen LogP contribution is 2.22. The minimum atomic E-state index is -3.70. The lowest BCUT2D eigenvalue weighted by molar-refractivity contribution is -0.138. The highest BCUT2D eigenvalue weighted by Gasteiger charge is 2.33. The van der Waals surface area contributed by atoms with E-state index >= 15 is 0 Å². The van der Waals surface area contributed by atoms with Gasteiger partial charge in [0.1, 0.15) is 5.82 Å². The largest absolute Gasteiger partial charge is 0.481 e. The fourth-order valence-corrected chi connectivity index (χ4v) is 4.86. The standard InChI is InChI=1S/C18H20ClN3O4S/c19-15-6-7-17(20-12-15)21-8-10-22(11-9-21)27(25,26)13-16(18(23)24)14-4-2-1-3-5-14/h1-7,12,16H,8-11,13H2,(H,23,24). The molecule has 7 nitrogen and oxygen atoms in total. The Labute approximate surface area is 163 Å². The molecule has 1 N–H and O–H groups in total. The Hall–Kier alpha value is -2.16. The number of carbonyl (C=O) groups is 1. The van der Waals surface area contributed by atoms with E-state index < -0.39 is 27.7 Å². The Bertz CT molecular complexity index is 883. The molecule has 1 fully saturated rings. The minimum Gasteiger partial charge on any atom is -0.481 e. The number of carboxylic acid groups (broad SMARTS) is 1. The monoisotopic (exact) mass is 409 g/mol. The van der Waals surface area contributed by atoms with Crippen molar-refractivity contribution in [3.63, 3.8) is 0 Å². The van der Waals surface area contributed by atoms with Gasteiger partial charge in [-0.15, -0.1) is 0 Å². The normalized spacial score (nSPS) is 16.9. The molecule has 0 aliphatic carbocycles. The summed E-state index contributed by atoms with van der Waals surface area (Å²) in [7, 11) is -3.70. The van der Waals surface area contributed by atoms with Crippen LogP contribution in [0.3, 0.4) is 0 Å². The predicted molar refractivity (Wildman–Crippen MR) is 104 cm³/mol. The van der Waals surface area contributed by atoms with E-state index in [2.05, 4.69) is 4.98 Å². The molecule has 1 aromatic heterocycles. The van der Waals surface area contributed by atoms with Crippen molar-refractivity contribution in [3.8, 4) is 0 Å². The Morgan fingerprint density at radius 1 is 1.11 bits per heavy atom. The van der Waals surface area contributed by atoms with Crippen molar-refractivity contribution in [2.24, 2.45) is 0 Å². The van der Waals surface area contributed by atoms with Crippen LogP contribution in [0.5, 0.6) is 0 Å². The van der Waals surface area contributed by atoms with Gasteiger partial charge in [0, 0.05) is 32.4 Å². The van der Waals surface area contributed by atoms with Crippen LogP contribution in [0, 0.1) is 0 Å². The first kappa shape index (κ1) is 19.6. The zero-order valence-electron chi connectivity index (χ0n) is 14.5. The van der Waals surface area contributed by atoms with E-state index in [1.54, 1.807) is 48.7 Å². The molecule has 0 saturated carbocycles. The smallest absolute Gasteiger partial charge is 0.312 e. The molecule has 9 heteroatoms. The maximum Gasteiger partial charge on any atom is 0.312 e. The lowest BCUT2D eigenvalue weighted by atomic mass is 10.0. The molecule has 1 unspecified atom stereocenters. The van der Waals surface area contributed by atoms with Gasteiger partial charge < -0.3 is 10.0 Å². The van der Waals surface area contributed by atoms with Crippen LogP contribution in [0.25, 0.3) is 0 Å². The van der Waals surface area contributed by atoms with Crippen LogP contribution in [0.15, 0.2) is 48.7 Å². The molecule has 1 aliphatic rings. The highest BCUT2D eigenvalue weighted by molar-refractivity contribution is 7.89. The highest BCUT2D eigenvalue weighted by atomic mass is 35.5. The van der Waals surface area contributed by atoms with Crippen LogP contribution in [-0.2, 0) is 14.8 Å². The van der Waals surface area contributed by atoms with E-state index in [9.17, 15) is 18.3 Å². The third kappa shape index (κ3) is 4.77. The predicted octanol–water partition coefficient (Wildman–Crippen LogP) is 2.06. The molecule has 3 rings (SSSR count). The maximum atomic E-state index is 12.8. The quantitative estimate of drug-likeness (QED) is 0.785. The number of sulfonamides is 1. The number of nitrogens with zero attached hydrogens (tertiary/aromatic N) is 3. The van der Waals surface area contributed by atoms with Gasteiger partial charge in [0.05, 0.1) is 16.7 Å². The molecular formula is C18H20ClN3O4S. The zero-order valence-corrected chi connectivity index (χ0v) is 16.1. The molecule has 2 aromatic rings. The van der Waals surface area contributed by atoms with E-state index in [0.29, 0.717) is 23.7 Å². The SMILES string of the molecule is O=C(O)C(CS(=O)(=O)N1CCN(c2ccc(Cl)cn2)CC1)c1ccccc1. The van der Waals surface area contributed by atoms with Gasteiger partial charge in [0.2, 0.25) is 10.0 Å². The first-order valence-corrected chi connectivity index (χ1v) is 10.5. The number of pyridine rings is 1. The lowest BCUT2D eigenvalue weighted by Crippen LogP contribution is -2.50. The second-order valence-electron chi connectivity index (χ2n) is 6.30. The molecule has 0 amide bonds. The average Bonchev–Trinajstić information content (AvgIpc) is 2.67. The van der Waals surface area contributed by atoms with Crippen molar-refractivity contribution in [1.29, 1.82) is 0 Å². The Morgan fingerprint density at radius 3 is 2.33 bits per heavy atom. The number of halogens is 1. The van der Waals surface area contributed by atoms with Crippen molar-refractivity contribution in [2.75, 3.05) is 36.8 Å². The van der Waals surface area contributed by atoms with Gasteiger partial charge in [-0.1, -0.05) is 41.9 Å². The first-order chi connectivity index (χ1) is 12.9. The summed E-state index contributed by atoms with van der Waals surface area (Å²) in [5, 5.41) is 10.0. The maximum absolute atomic E-state index is 12.8. The zero-order chi connectivity index (χ0) is 19.4. The van der Waals surface area contributed by atoms with E-state index in [1.165, 1.54) is 4.31 Å². The third-order valence-corrected chi connectivity index (χ3v) is 6.68. The second-order valence-corrected chi connectivity index (χ2v) is 8.75. The molecule has 2 heterocycles. The van der Waals surface area contributed by atoms with Crippen LogP contribution >= 0.6 is 11.6 Å². The summed E-state index contributed by atoms with van der Waals surface area (Å²) >= 11 is 5.84. The molecule has 1 saturated heterocycles. The molecule has 27 heavy (non-hydrogen) atoms. The number of carboxylic acids is 1. The number of benzene rings is 1. The van der Waals surface area contributed by atoms with Crippen molar-refractivity contribution < 1.29 is 18.3 Å². The second kappa shape index (κ2) is 8.24. The first-order valence-electron chi connectivity index (χ1n) is 8.49. The van der Waals surface area contributed by atoms with Gasteiger partial charge in [-0.3, -0.25) is 4.79 Å². The van der Waals surface area contributed by atoms with Crippen LogP contribution in [0.4, 0.5) is 5.82 Å². The molecule has 144 valence electrons. The Morgan fingerprint density at radius 2 is 1.78 bits per heavy atom. The van der Waals surface area contributed by atoms with Gasteiger partial charge in [0.25, 0.3) is 0 Å². The van der Waals surface area contributed by atoms with Crippen LogP contribution in [-0.4, -0.2) is 60.7 Å². The topological polar surface area (TPSA) is 90.8 Å². The molecule has 1 aliphatic heterocycles. The fraction of sp³-hybridized carbons (Fsp3) is 0.333. The summed E-state index contributed by atoms with van der Waals surface area (Å²) in [6.07, 6.45) is 1.55. The van der Waals surface area contributed by atoms with Gasteiger partial charge >= 0.3 is 5.97 Å². The molecule has 0 spiro atoms. The summed E-state index contributed by atoms with van der Waals surface area (Å²) in [4.78, 5) is 17.8. The van der Waals surface area contributed by atoms with Crippen molar-refractivity contribution >= 4 is 33.4 Å². The van der Waals surface area contributed by atoms with E-state index in [-0.39, 0.29) is 13.1 Å². The van der Waals surface area contributed by atoms with Crippen molar-refractivity contribution in [1.82, 2.24) is 9.29 Å². The number of aliphatic carboxylic acids is 1. The number of aromatic nitrogens is 1. The number of piperazine rings is 1. The lowest BCUT2D eigenvalue weighted by Gasteiger charge is -2.35. The van der Waals surface area contributed by atoms with E-state index in [0.717, 1.165) is 5.82 Å². The molecule has 1 aromatic carbocycles. The number of hydrogen-bond acceptors (Lipinski definition) is 5. The third-order valence-electron chi connectivity index (χ3n) is 4.55. The van der Waals surface area contributed by atoms with Crippen LogP contribution in [0.2, 0.25) is 5.02 Å². The fourth-order valence-electron chi connectivity index (χ4n) is 3.06. The summed E-state index contributed by atoms with van der Waals surface area (Å²) in [5.41, 5.74) is 0.484. The molecule has 1 atom stereocenters. The van der Waals surface area contributed by atoms with Gasteiger partial charge in [-0.25, -0.2) is 13.4 Å². The summed E-state index contributed by atoms with van der Waals surface area (Å²) in [6, 6.07) is 12.0. The molecule has 0 bridgehead atoms. The molecular weight excluding hydrogens is 390 g/mol. The van der Waals surface area contributed by atoms with Gasteiger partial charge in [0.15, 0.2) is 0 Å². The summed E-state index contributed by atoms with van der Waals surface area (Å²) < 4.78 is 26.9.